The summed E-state index contributed by atoms with van der Waals surface area (Å²) in [4.78, 5) is 13.0. The molecule has 5 nitrogen and oxygen atoms in total. The van der Waals surface area contributed by atoms with E-state index in [0.29, 0.717) is 4.68 Å². The van der Waals surface area contributed by atoms with Gasteiger partial charge >= 0.3 is 6.18 Å². The first-order valence-corrected chi connectivity index (χ1v) is 8.73. The van der Waals surface area contributed by atoms with E-state index in [-0.39, 0.29) is 12.2 Å². The number of nitrogens with zero attached hydrogens (tertiary/aromatic N) is 3. The summed E-state index contributed by atoms with van der Waals surface area (Å²) < 4.78 is 54.7. The number of aromatic nitrogens is 3. The van der Waals surface area contributed by atoms with Crippen molar-refractivity contribution >= 4 is 33.2 Å². The lowest BCUT2D eigenvalue weighted by Gasteiger charge is -2.11. The number of carbonyl (C=O) groups excluding carboxylic acids is 1. The number of halogens is 5. The highest BCUT2D eigenvalue weighted by molar-refractivity contribution is 9.10. The molecule has 136 valence electrons. The second-order valence-electron chi connectivity index (χ2n) is 5.09. The van der Waals surface area contributed by atoms with Crippen LogP contribution in [-0.4, -0.2) is 20.9 Å². The van der Waals surface area contributed by atoms with E-state index in [9.17, 15) is 22.4 Å². The summed E-state index contributed by atoms with van der Waals surface area (Å²) in [6.07, 6.45) is -4.88. The minimum Gasteiger partial charge on any atom is -0.346 e. The fourth-order valence-corrected chi connectivity index (χ4v) is 3.54. The molecule has 3 rings (SSSR count). The number of nitrogens with one attached hydrogen (secondary N) is 1. The summed E-state index contributed by atoms with van der Waals surface area (Å²) in [7, 11) is 0. The molecule has 1 N–H and O–H groups in total. The van der Waals surface area contributed by atoms with Crippen LogP contribution in [0.15, 0.2) is 40.2 Å². The Bertz CT molecular complexity index is 936. The number of rotatable bonds is 4. The lowest BCUT2D eigenvalue weighted by atomic mass is 10.2. The molecule has 0 unspecified atom stereocenters. The van der Waals surface area contributed by atoms with Crippen molar-refractivity contribution in [3.05, 3.63) is 62.3 Å². The zero-order chi connectivity index (χ0) is 18.9. The number of thiophene rings is 1. The van der Waals surface area contributed by atoms with E-state index in [1.54, 1.807) is 11.4 Å². The van der Waals surface area contributed by atoms with Crippen molar-refractivity contribution in [2.24, 2.45) is 0 Å². The average molecular weight is 449 g/mol. The largest absolute Gasteiger partial charge is 0.435 e. The van der Waals surface area contributed by atoms with Crippen LogP contribution in [0.2, 0.25) is 0 Å². The van der Waals surface area contributed by atoms with Crippen LogP contribution in [0.3, 0.4) is 0 Å². The van der Waals surface area contributed by atoms with Gasteiger partial charge in [-0.25, -0.2) is 9.07 Å². The first kappa shape index (κ1) is 18.5. The first-order chi connectivity index (χ1) is 12.3. The second-order valence-corrected chi connectivity index (χ2v) is 7.00. The van der Waals surface area contributed by atoms with Gasteiger partial charge in [0, 0.05) is 14.7 Å². The molecule has 0 bridgehead atoms. The zero-order valence-corrected chi connectivity index (χ0v) is 15.1. The standard InChI is InChI=1S/C15H9BrF4N4OS/c16-8-5-11(26-7-8)6-21-14(25)12-13(15(18,19)20)24(23-22-12)10-3-1-9(17)2-4-10/h1-5,7H,6H2,(H,21,25). The van der Waals surface area contributed by atoms with Gasteiger partial charge in [-0.05, 0) is 46.3 Å². The number of hydrogen-bond acceptors (Lipinski definition) is 4. The minimum atomic E-state index is -4.88. The monoisotopic (exact) mass is 448 g/mol. The number of hydrogen-bond donors (Lipinski definition) is 1. The molecule has 0 fully saturated rings. The molecule has 0 saturated carbocycles. The number of alkyl halides is 3. The number of carbonyl (C=O) groups is 1. The summed E-state index contributed by atoms with van der Waals surface area (Å²) in [5, 5.41) is 11.0. The molecule has 2 aromatic heterocycles. The predicted molar refractivity (Wildman–Crippen MR) is 89.5 cm³/mol. The molecule has 0 aliphatic heterocycles. The van der Waals surface area contributed by atoms with Gasteiger partial charge in [-0.3, -0.25) is 4.79 Å². The van der Waals surface area contributed by atoms with E-state index < -0.39 is 29.3 Å². The Morgan fingerprint density at radius 3 is 2.54 bits per heavy atom. The lowest BCUT2D eigenvalue weighted by Crippen LogP contribution is -2.26. The summed E-state index contributed by atoms with van der Waals surface area (Å²) in [6.45, 7) is 0.0514. The Kier molecular flexibility index (Phi) is 5.10. The molecule has 0 spiro atoms. The lowest BCUT2D eigenvalue weighted by molar-refractivity contribution is -0.143. The molecule has 2 heterocycles. The highest BCUT2D eigenvalue weighted by Gasteiger charge is 2.42. The van der Waals surface area contributed by atoms with E-state index >= 15 is 0 Å². The number of amides is 1. The van der Waals surface area contributed by atoms with Crippen molar-refractivity contribution in [1.29, 1.82) is 0 Å². The van der Waals surface area contributed by atoms with Gasteiger partial charge in [0.15, 0.2) is 11.4 Å². The smallest absolute Gasteiger partial charge is 0.346 e. The minimum absolute atomic E-state index is 0.0514. The maximum absolute atomic E-state index is 13.5. The Morgan fingerprint density at radius 1 is 1.27 bits per heavy atom. The van der Waals surface area contributed by atoms with Crippen LogP contribution in [0, 0.1) is 5.82 Å². The van der Waals surface area contributed by atoms with E-state index in [1.807, 2.05) is 0 Å². The Morgan fingerprint density at radius 2 is 1.96 bits per heavy atom. The molecule has 11 heteroatoms. The van der Waals surface area contributed by atoms with Gasteiger partial charge in [0.25, 0.3) is 5.91 Å². The van der Waals surface area contributed by atoms with Gasteiger partial charge in [0.05, 0.1) is 12.2 Å². The van der Waals surface area contributed by atoms with Gasteiger partial charge in [-0.2, -0.15) is 13.2 Å². The van der Waals surface area contributed by atoms with E-state index in [2.05, 4.69) is 31.6 Å². The normalized spacial score (nSPS) is 11.6. The van der Waals surface area contributed by atoms with Crippen LogP contribution in [0.25, 0.3) is 5.69 Å². The molecule has 0 aliphatic rings. The van der Waals surface area contributed by atoms with Crippen molar-refractivity contribution in [2.75, 3.05) is 0 Å². The predicted octanol–water partition coefficient (Wildman–Crippen LogP) is 4.18. The summed E-state index contributed by atoms with van der Waals surface area (Å²) in [5.41, 5.74) is -2.24. The van der Waals surface area contributed by atoms with Gasteiger partial charge < -0.3 is 5.32 Å². The molecular weight excluding hydrogens is 440 g/mol. The van der Waals surface area contributed by atoms with Crippen LogP contribution in [0.1, 0.15) is 21.1 Å². The molecule has 0 radical (unpaired) electrons. The molecule has 3 aromatic rings. The van der Waals surface area contributed by atoms with Crippen LogP contribution in [0.5, 0.6) is 0 Å². The molecule has 0 atom stereocenters. The topological polar surface area (TPSA) is 59.8 Å². The zero-order valence-electron chi connectivity index (χ0n) is 12.7. The number of benzene rings is 1. The summed E-state index contributed by atoms with van der Waals surface area (Å²) >= 11 is 4.59. The van der Waals surface area contributed by atoms with Crippen molar-refractivity contribution in [1.82, 2.24) is 20.3 Å². The van der Waals surface area contributed by atoms with Crippen molar-refractivity contribution < 1.29 is 22.4 Å². The summed E-state index contributed by atoms with van der Waals surface area (Å²) in [6, 6.07) is 5.95. The van der Waals surface area contributed by atoms with Crippen LogP contribution < -0.4 is 5.32 Å². The highest BCUT2D eigenvalue weighted by atomic mass is 79.9. The third-order valence-electron chi connectivity index (χ3n) is 3.27. The fraction of sp³-hybridized carbons (Fsp3) is 0.133. The quantitative estimate of drug-likeness (QED) is 0.609. The first-order valence-electron chi connectivity index (χ1n) is 7.05. The van der Waals surface area contributed by atoms with E-state index in [1.165, 1.54) is 11.3 Å². The summed E-state index contributed by atoms with van der Waals surface area (Å²) in [5.74, 6) is -1.61. The molecular formula is C15H9BrF4N4OS. The van der Waals surface area contributed by atoms with Crippen molar-refractivity contribution in [3.63, 3.8) is 0 Å². The third-order valence-corrected chi connectivity index (χ3v) is 4.97. The average Bonchev–Trinajstić information content (AvgIpc) is 3.19. The second kappa shape index (κ2) is 7.16. The molecule has 0 aliphatic carbocycles. The van der Waals surface area contributed by atoms with Gasteiger partial charge in [-0.1, -0.05) is 5.21 Å². The van der Waals surface area contributed by atoms with Crippen molar-refractivity contribution in [3.8, 4) is 5.69 Å². The maximum Gasteiger partial charge on any atom is 0.435 e. The van der Waals surface area contributed by atoms with E-state index in [4.69, 9.17) is 0 Å². The molecule has 0 saturated heterocycles. The maximum atomic E-state index is 13.5. The molecule has 26 heavy (non-hydrogen) atoms. The fourth-order valence-electron chi connectivity index (χ4n) is 2.15. The van der Waals surface area contributed by atoms with Crippen molar-refractivity contribution in [2.45, 2.75) is 12.7 Å². The molecule has 1 aromatic carbocycles. The Labute approximate surface area is 156 Å². The van der Waals surface area contributed by atoms with Crippen LogP contribution in [0.4, 0.5) is 17.6 Å². The Hall–Kier alpha value is -2.27. The van der Waals surface area contributed by atoms with Gasteiger partial charge in [0.1, 0.15) is 5.82 Å². The van der Waals surface area contributed by atoms with E-state index in [0.717, 1.165) is 33.6 Å². The van der Waals surface area contributed by atoms with Gasteiger partial charge in [0.2, 0.25) is 0 Å². The SMILES string of the molecule is O=C(NCc1cc(Br)cs1)c1nnn(-c2ccc(F)cc2)c1C(F)(F)F. The Balaban J connectivity index is 1.91. The van der Waals surface area contributed by atoms with Gasteiger partial charge in [-0.15, -0.1) is 16.4 Å². The highest BCUT2D eigenvalue weighted by Crippen LogP contribution is 2.32. The third kappa shape index (κ3) is 3.93. The van der Waals surface area contributed by atoms with Crippen LogP contribution >= 0.6 is 27.3 Å². The molecule has 1 amide bonds. The van der Waals surface area contributed by atoms with Crippen LogP contribution in [-0.2, 0) is 12.7 Å².